The summed E-state index contributed by atoms with van der Waals surface area (Å²) in [5.41, 5.74) is 1.04. The van der Waals surface area contributed by atoms with Gasteiger partial charge in [0.2, 0.25) is 6.20 Å². The Morgan fingerprint density at radius 3 is 2.71 bits per heavy atom. The van der Waals surface area contributed by atoms with Crippen molar-refractivity contribution in [1.29, 1.82) is 0 Å². The summed E-state index contributed by atoms with van der Waals surface area (Å²) >= 11 is 0. The third-order valence-corrected chi connectivity index (χ3v) is 1.85. The van der Waals surface area contributed by atoms with E-state index in [0.29, 0.717) is 12.3 Å². The van der Waals surface area contributed by atoms with Gasteiger partial charge in [-0.1, -0.05) is 6.58 Å². The molecule has 0 saturated carbocycles. The van der Waals surface area contributed by atoms with Crippen LogP contribution < -0.4 is 26.3 Å². The number of pyridine rings is 1. The molecule has 0 aliphatic heterocycles. The van der Waals surface area contributed by atoms with Crippen molar-refractivity contribution in [3.8, 4) is 5.75 Å². The van der Waals surface area contributed by atoms with Crippen molar-refractivity contribution in [3.63, 3.8) is 0 Å². The van der Waals surface area contributed by atoms with E-state index in [0.717, 1.165) is 5.57 Å². The summed E-state index contributed by atoms with van der Waals surface area (Å²) in [6.45, 7) is 6.50. The highest BCUT2D eigenvalue weighted by molar-refractivity contribution is 5.69. The molecule has 0 fully saturated rings. The molecule has 0 saturated heterocycles. The second-order valence-electron chi connectivity index (χ2n) is 3.93. The summed E-state index contributed by atoms with van der Waals surface area (Å²) < 4.78 is 7.05. The molecular formula is C12H17BrN2O2. The summed E-state index contributed by atoms with van der Waals surface area (Å²) in [4.78, 5) is 12.7. The quantitative estimate of drug-likeness (QED) is 0.509. The van der Waals surface area contributed by atoms with Gasteiger partial charge in [-0.2, -0.15) is 4.57 Å². The van der Waals surface area contributed by atoms with Crippen LogP contribution in [0.2, 0.25) is 0 Å². The van der Waals surface area contributed by atoms with E-state index in [9.17, 15) is 4.79 Å². The fraction of sp³-hybridized carbons (Fsp3) is 0.333. The number of amides is 1. The molecule has 0 bridgehead atoms. The third-order valence-electron chi connectivity index (χ3n) is 1.85. The number of rotatable bonds is 3. The highest BCUT2D eigenvalue weighted by Gasteiger charge is 2.09. The Bertz CT molecular complexity index is 405. The van der Waals surface area contributed by atoms with E-state index in [2.05, 4.69) is 6.58 Å². The predicted octanol–water partition coefficient (Wildman–Crippen LogP) is -1.39. The van der Waals surface area contributed by atoms with E-state index in [4.69, 9.17) is 4.74 Å². The van der Waals surface area contributed by atoms with E-state index in [1.54, 1.807) is 26.4 Å². The Labute approximate surface area is 112 Å². The smallest absolute Gasteiger partial charge is 0.414 e. The van der Waals surface area contributed by atoms with Crippen LogP contribution in [0.15, 0.2) is 36.7 Å². The lowest BCUT2D eigenvalue weighted by Crippen LogP contribution is -3.00. The number of carbonyl (C=O) groups is 1. The van der Waals surface area contributed by atoms with Gasteiger partial charge in [0.05, 0.1) is 0 Å². The van der Waals surface area contributed by atoms with Crippen LogP contribution in [-0.2, 0) is 6.54 Å². The molecule has 0 spiro atoms. The Balaban J connectivity index is 0.00000256. The largest absolute Gasteiger partial charge is 1.00 e. The molecule has 17 heavy (non-hydrogen) atoms. The predicted molar refractivity (Wildman–Crippen MR) is 61.2 cm³/mol. The average Bonchev–Trinajstić information content (AvgIpc) is 2.16. The van der Waals surface area contributed by atoms with E-state index in [1.807, 2.05) is 23.8 Å². The summed E-state index contributed by atoms with van der Waals surface area (Å²) in [5.74, 6) is 0.530. The number of aromatic nitrogens is 1. The number of carbonyl (C=O) groups excluding carboxylic acids is 1. The van der Waals surface area contributed by atoms with Crippen molar-refractivity contribution in [1.82, 2.24) is 4.90 Å². The van der Waals surface area contributed by atoms with Gasteiger partial charge in [-0.3, -0.25) is 0 Å². The lowest BCUT2D eigenvalue weighted by Gasteiger charge is -2.09. The first-order chi connectivity index (χ1) is 7.49. The molecule has 1 rings (SSSR count). The lowest BCUT2D eigenvalue weighted by atomic mass is 10.3. The van der Waals surface area contributed by atoms with Crippen molar-refractivity contribution in [2.45, 2.75) is 13.5 Å². The standard InChI is InChI=1S/C12H17N2O2.BrH/c1-10(2)8-14-7-5-6-11(9-14)16-12(15)13(3)4;/h5-7,9H,1,8H2,2-4H3;1H/q+1;/p-1. The van der Waals surface area contributed by atoms with Gasteiger partial charge in [0, 0.05) is 20.2 Å². The van der Waals surface area contributed by atoms with Gasteiger partial charge in [-0.05, 0) is 18.6 Å². The van der Waals surface area contributed by atoms with Crippen LogP contribution in [0.5, 0.6) is 5.75 Å². The van der Waals surface area contributed by atoms with Crippen LogP contribution in [0.3, 0.4) is 0 Å². The van der Waals surface area contributed by atoms with Crippen molar-refractivity contribution >= 4 is 6.09 Å². The molecule has 0 aliphatic rings. The van der Waals surface area contributed by atoms with Gasteiger partial charge in [-0.15, -0.1) is 0 Å². The SMILES string of the molecule is C=C(C)C[n+]1cccc(OC(=O)N(C)C)c1.[Br-]. The number of allylic oxidation sites excluding steroid dienone is 1. The minimum absolute atomic E-state index is 0. The molecule has 0 aromatic carbocycles. The molecule has 0 radical (unpaired) electrons. The fourth-order valence-corrected chi connectivity index (χ4v) is 1.16. The molecule has 4 nitrogen and oxygen atoms in total. The summed E-state index contributed by atoms with van der Waals surface area (Å²) in [6, 6.07) is 3.58. The van der Waals surface area contributed by atoms with Gasteiger partial charge in [-0.25, -0.2) is 4.79 Å². The van der Waals surface area contributed by atoms with E-state index >= 15 is 0 Å². The normalized spacial score (nSPS) is 9.12. The van der Waals surface area contributed by atoms with Gasteiger partial charge in [0.1, 0.15) is 0 Å². The first-order valence-corrected chi connectivity index (χ1v) is 5.01. The Kier molecular flexibility index (Phi) is 6.50. The van der Waals surface area contributed by atoms with E-state index < -0.39 is 0 Å². The molecule has 94 valence electrons. The van der Waals surface area contributed by atoms with Crippen LogP contribution in [0.1, 0.15) is 6.92 Å². The monoisotopic (exact) mass is 300 g/mol. The molecule has 1 heterocycles. The third kappa shape index (κ3) is 5.49. The number of hydrogen-bond acceptors (Lipinski definition) is 2. The maximum absolute atomic E-state index is 11.3. The molecule has 0 unspecified atom stereocenters. The minimum atomic E-state index is -0.381. The number of ether oxygens (including phenoxy) is 1. The molecular weight excluding hydrogens is 284 g/mol. The van der Waals surface area contributed by atoms with Crippen LogP contribution in [0.25, 0.3) is 0 Å². The zero-order valence-corrected chi connectivity index (χ0v) is 11.9. The van der Waals surface area contributed by atoms with Gasteiger partial charge >= 0.3 is 6.09 Å². The Hall–Kier alpha value is -1.36. The Morgan fingerprint density at radius 2 is 2.18 bits per heavy atom. The molecule has 1 amide bonds. The molecule has 5 heteroatoms. The highest BCUT2D eigenvalue weighted by Crippen LogP contribution is 2.07. The van der Waals surface area contributed by atoms with Crippen LogP contribution in [0.4, 0.5) is 4.79 Å². The topological polar surface area (TPSA) is 33.4 Å². The summed E-state index contributed by atoms with van der Waals surface area (Å²) in [5, 5.41) is 0. The number of hydrogen-bond donors (Lipinski definition) is 0. The van der Waals surface area contributed by atoms with Gasteiger partial charge in [0.25, 0.3) is 0 Å². The van der Waals surface area contributed by atoms with Gasteiger partial charge < -0.3 is 26.6 Å². The fourth-order valence-electron chi connectivity index (χ4n) is 1.16. The Morgan fingerprint density at radius 1 is 1.53 bits per heavy atom. The molecule has 1 aromatic rings. The summed E-state index contributed by atoms with van der Waals surface area (Å²) in [7, 11) is 3.29. The first-order valence-electron chi connectivity index (χ1n) is 5.01. The van der Waals surface area contributed by atoms with Crippen molar-refractivity contribution in [3.05, 3.63) is 36.7 Å². The zero-order valence-electron chi connectivity index (χ0n) is 10.3. The van der Waals surface area contributed by atoms with E-state index in [-0.39, 0.29) is 23.1 Å². The van der Waals surface area contributed by atoms with Crippen LogP contribution in [-0.4, -0.2) is 25.1 Å². The molecule has 1 aromatic heterocycles. The van der Waals surface area contributed by atoms with Gasteiger partial charge in [0.15, 0.2) is 18.5 Å². The average molecular weight is 301 g/mol. The molecule has 0 atom stereocenters. The van der Waals surface area contributed by atoms with Crippen molar-refractivity contribution in [2.75, 3.05) is 14.1 Å². The minimum Gasteiger partial charge on any atom is -1.00 e. The lowest BCUT2D eigenvalue weighted by molar-refractivity contribution is -0.689. The summed E-state index contributed by atoms with van der Waals surface area (Å²) in [6.07, 6.45) is 3.30. The molecule has 0 N–H and O–H groups in total. The second-order valence-corrected chi connectivity index (χ2v) is 3.93. The van der Waals surface area contributed by atoms with Crippen molar-refractivity contribution in [2.24, 2.45) is 0 Å². The maximum atomic E-state index is 11.3. The van der Waals surface area contributed by atoms with Crippen molar-refractivity contribution < 1.29 is 31.1 Å². The van der Waals surface area contributed by atoms with Crippen LogP contribution >= 0.6 is 0 Å². The number of halogens is 1. The highest BCUT2D eigenvalue weighted by atomic mass is 79.9. The maximum Gasteiger partial charge on any atom is 0.414 e. The number of nitrogens with zero attached hydrogens (tertiary/aromatic N) is 2. The molecule has 0 aliphatic carbocycles. The first kappa shape index (κ1) is 15.6. The van der Waals surface area contributed by atoms with Crippen LogP contribution in [0, 0.1) is 0 Å². The zero-order chi connectivity index (χ0) is 12.1. The van der Waals surface area contributed by atoms with E-state index in [1.165, 1.54) is 4.90 Å². The second kappa shape index (κ2) is 7.06.